The molecule has 1 aromatic rings. The first kappa shape index (κ1) is 11.5. The zero-order chi connectivity index (χ0) is 12.6. The molecule has 8 heteroatoms. The second-order valence-electron chi connectivity index (χ2n) is 3.39. The van der Waals surface area contributed by atoms with Gasteiger partial charge >= 0.3 is 12.1 Å². The molecule has 0 aliphatic carbocycles. The van der Waals surface area contributed by atoms with Gasteiger partial charge in [0.1, 0.15) is 12.3 Å². The van der Waals surface area contributed by atoms with Gasteiger partial charge in [-0.3, -0.25) is 0 Å². The number of rotatable bonds is 1. The van der Waals surface area contributed by atoms with Crippen LogP contribution < -0.4 is 10.1 Å². The number of aliphatic carboxylic acids is 1. The van der Waals surface area contributed by atoms with Crippen molar-refractivity contribution in [1.29, 1.82) is 0 Å². The van der Waals surface area contributed by atoms with E-state index in [0.717, 1.165) is 12.1 Å². The minimum atomic E-state index is -4.55. The van der Waals surface area contributed by atoms with Gasteiger partial charge in [0.15, 0.2) is 6.04 Å². The summed E-state index contributed by atoms with van der Waals surface area (Å²) in [6, 6.07) is 0.876. The zero-order valence-corrected chi connectivity index (χ0v) is 8.28. The minimum absolute atomic E-state index is 0.136. The lowest BCUT2D eigenvalue weighted by Crippen LogP contribution is -2.38. The van der Waals surface area contributed by atoms with Crippen LogP contribution in [-0.2, 0) is 11.0 Å². The molecule has 17 heavy (non-hydrogen) atoms. The van der Waals surface area contributed by atoms with Crippen molar-refractivity contribution in [1.82, 2.24) is 4.98 Å². The van der Waals surface area contributed by atoms with Crippen LogP contribution in [0.5, 0.6) is 5.88 Å². The number of anilines is 1. The van der Waals surface area contributed by atoms with Crippen molar-refractivity contribution in [2.45, 2.75) is 12.2 Å². The summed E-state index contributed by atoms with van der Waals surface area (Å²) in [5.41, 5.74) is -0.941. The molecule has 1 atom stereocenters. The Kier molecular flexibility index (Phi) is 2.56. The Morgan fingerprint density at radius 2 is 2.24 bits per heavy atom. The fourth-order valence-electron chi connectivity index (χ4n) is 1.34. The highest BCUT2D eigenvalue weighted by Crippen LogP contribution is 2.33. The van der Waals surface area contributed by atoms with E-state index in [2.05, 4.69) is 10.3 Å². The summed E-state index contributed by atoms with van der Waals surface area (Å²) in [7, 11) is 0. The zero-order valence-electron chi connectivity index (χ0n) is 8.28. The van der Waals surface area contributed by atoms with Gasteiger partial charge in [0.05, 0.1) is 5.69 Å². The lowest BCUT2D eigenvalue weighted by Gasteiger charge is -2.24. The molecule has 1 unspecified atom stereocenters. The third kappa shape index (κ3) is 2.24. The van der Waals surface area contributed by atoms with Crippen molar-refractivity contribution in [2.24, 2.45) is 0 Å². The van der Waals surface area contributed by atoms with E-state index in [1.807, 2.05) is 0 Å². The van der Waals surface area contributed by atoms with Gasteiger partial charge in [0.25, 0.3) is 0 Å². The molecule has 2 N–H and O–H groups in total. The van der Waals surface area contributed by atoms with Crippen LogP contribution in [0.4, 0.5) is 18.9 Å². The van der Waals surface area contributed by atoms with Gasteiger partial charge in [-0.1, -0.05) is 0 Å². The molecular weight excluding hydrogens is 241 g/mol. The molecule has 0 spiro atoms. The Balaban J connectivity index is 2.29. The standard InChI is InChI=1S/C9H7F3N2O3/c10-9(11,12)6-2-1-4-7(14-6)17-3-5(13-4)8(15)16/h1-2,5,13H,3H2,(H,15,16). The second kappa shape index (κ2) is 3.79. The monoisotopic (exact) mass is 248 g/mol. The van der Waals surface area contributed by atoms with E-state index in [1.54, 1.807) is 0 Å². The summed E-state index contributed by atoms with van der Waals surface area (Å²) in [6.45, 7) is -0.267. The van der Waals surface area contributed by atoms with Gasteiger partial charge in [-0.25, -0.2) is 9.78 Å². The number of nitrogens with one attached hydrogen (secondary N) is 1. The van der Waals surface area contributed by atoms with Crippen molar-refractivity contribution in [3.05, 3.63) is 17.8 Å². The summed E-state index contributed by atoms with van der Waals surface area (Å²) < 4.78 is 41.9. The molecule has 0 amide bonds. The molecule has 92 valence electrons. The lowest BCUT2D eigenvalue weighted by molar-refractivity contribution is -0.142. The highest BCUT2D eigenvalue weighted by atomic mass is 19.4. The van der Waals surface area contributed by atoms with Crippen molar-refractivity contribution in [2.75, 3.05) is 11.9 Å². The minimum Gasteiger partial charge on any atom is -0.480 e. The molecule has 2 rings (SSSR count). The van der Waals surface area contributed by atoms with E-state index in [-0.39, 0.29) is 18.2 Å². The normalized spacial score (nSPS) is 18.9. The first-order chi connectivity index (χ1) is 7.88. The van der Waals surface area contributed by atoms with Crippen molar-refractivity contribution < 1.29 is 27.8 Å². The highest BCUT2D eigenvalue weighted by Gasteiger charge is 2.34. The van der Waals surface area contributed by atoms with E-state index in [9.17, 15) is 18.0 Å². The summed E-state index contributed by atoms with van der Waals surface area (Å²) >= 11 is 0. The second-order valence-corrected chi connectivity index (χ2v) is 3.39. The molecule has 1 aliphatic rings. The summed E-state index contributed by atoms with van der Waals surface area (Å²) in [5, 5.41) is 11.2. The molecule has 0 bridgehead atoms. The van der Waals surface area contributed by atoms with Gasteiger partial charge in [0.2, 0.25) is 5.88 Å². The number of hydrogen-bond acceptors (Lipinski definition) is 4. The average Bonchev–Trinajstić information content (AvgIpc) is 2.26. The summed E-state index contributed by atoms with van der Waals surface area (Å²) in [4.78, 5) is 13.9. The van der Waals surface area contributed by atoms with Gasteiger partial charge in [-0.2, -0.15) is 13.2 Å². The molecule has 0 fully saturated rings. The van der Waals surface area contributed by atoms with Crippen LogP contribution in [0.2, 0.25) is 0 Å². The number of alkyl halides is 3. The van der Waals surface area contributed by atoms with Crippen LogP contribution in [0.15, 0.2) is 12.1 Å². The fraction of sp³-hybridized carbons (Fsp3) is 0.333. The average molecular weight is 248 g/mol. The number of carboxylic acid groups (broad SMARTS) is 1. The largest absolute Gasteiger partial charge is 0.480 e. The summed E-state index contributed by atoms with van der Waals surface area (Å²) in [6.07, 6.45) is -4.55. The van der Waals surface area contributed by atoms with Crippen molar-refractivity contribution >= 4 is 11.7 Å². The third-order valence-corrected chi connectivity index (χ3v) is 2.17. The molecule has 0 radical (unpaired) electrons. The SMILES string of the molecule is O=C(O)C1COc2nc(C(F)(F)F)ccc2N1. The smallest absolute Gasteiger partial charge is 0.433 e. The number of fused-ring (bicyclic) bond motifs is 1. The van der Waals surface area contributed by atoms with Gasteiger partial charge in [-0.05, 0) is 12.1 Å². The predicted molar refractivity (Wildman–Crippen MR) is 49.8 cm³/mol. The summed E-state index contributed by atoms with van der Waals surface area (Å²) in [5.74, 6) is -1.38. The molecule has 5 nitrogen and oxygen atoms in total. The van der Waals surface area contributed by atoms with Crippen molar-refractivity contribution in [3.8, 4) is 5.88 Å². The number of halogens is 3. The Bertz CT molecular complexity index is 461. The van der Waals surface area contributed by atoms with E-state index in [4.69, 9.17) is 9.84 Å². The van der Waals surface area contributed by atoms with Crippen LogP contribution in [0.25, 0.3) is 0 Å². The first-order valence-corrected chi connectivity index (χ1v) is 4.58. The number of carbonyl (C=O) groups is 1. The Morgan fingerprint density at radius 1 is 1.53 bits per heavy atom. The fourth-order valence-corrected chi connectivity index (χ4v) is 1.34. The third-order valence-electron chi connectivity index (χ3n) is 2.17. The van der Waals surface area contributed by atoms with Crippen LogP contribution in [0, 0.1) is 0 Å². The molecule has 2 heterocycles. The molecule has 1 aliphatic heterocycles. The highest BCUT2D eigenvalue weighted by molar-refractivity contribution is 5.79. The number of ether oxygens (including phenoxy) is 1. The van der Waals surface area contributed by atoms with E-state index < -0.39 is 23.9 Å². The Hall–Kier alpha value is -1.99. The number of carboxylic acids is 1. The van der Waals surface area contributed by atoms with Gasteiger partial charge < -0.3 is 15.2 Å². The Labute approximate surface area is 93.2 Å². The number of pyridine rings is 1. The van der Waals surface area contributed by atoms with E-state index in [1.165, 1.54) is 0 Å². The molecule has 0 aromatic carbocycles. The number of hydrogen-bond donors (Lipinski definition) is 2. The van der Waals surface area contributed by atoms with Crippen molar-refractivity contribution in [3.63, 3.8) is 0 Å². The molecule has 1 aromatic heterocycles. The molecular formula is C9H7F3N2O3. The van der Waals surface area contributed by atoms with Gasteiger partial charge in [-0.15, -0.1) is 0 Å². The number of nitrogens with zero attached hydrogens (tertiary/aromatic N) is 1. The van der Waals surface area contributed by atoms with E-state index >= 15 is 0 Å². The number of aromatic nitrogens is 1. The maximum atomic E-state index is 12.3. The van der Waals surface area contributed by atoms with Crippen LogP contribution in [0.3, 0.4) is 0 Å². The van der Waals surface area contributed by atoms with Crippen LogP contribution in [-0.4, -0.2) is 28.7 Å². The van der Waals surface area contributed by atoms with Gasteiger partial charge in [0, 0.05) is 0 Å². The first-order valence-electron chi connectivity index (χ1n) is 4.58. The maximum Gasteiger partial charge on any atom is 0.433 e. The Morgan fingerprint density at radius 3 is 2.82 bits per heavy atom. The topological polar surface area (TPSA) is 71.5 Å². The predicted octanol–water partition coefficient (Wildman–Crippen LogP) is 1.36. The van der Waals surface area contributed by atoms with Crippen LogP contribution in [0.1, 0.15) is 5.69 Å². The van der Waals surface area contributed by atoms with E-state index in [0.29, 0.717) is 0 Å². The molecule has 0 saturated carbocycles. The lowest BCUT2D eigenvalue weighted by atomic mass is 10.2. The maximum absolute atomic E-state index is 12.3. The molecule has 0 saturated heterocycles. The quantitative estimate of drug-likeness (QED) is 0.785. The van der Waals surface area contributed by atoms with Crippen LogP contribution >= 0.6 is 0 Å².